The third kappa shape index (κ3) is 2.92. The molecule has 0 radical (unpaired) electrons. The molecule has 0 aliphatic carbocycles. The van der Waals surface area contributed by atoms with Crippen molar-refractivity contribution in [3.63, 3.8) is 0 Å². The Labute approximate surface area is 124 Å². The summed E-state index contributed by atoms with van der Waals surface area (Å²) in [6.07, 6.45) is -8.69. The van der Waals surface area contributed by atoms with Gasteiger partial charge in [0.1, 0.15) is 18.3 Å². The number of hydrogen-bond donors (Lipinski definition) is 5. The number of carboxylic acid groups (broad SMARTS) is 1. The number of phenols is 1. The molecule has 0 spiro atoms. The Hall–Kier alpha value is -2.07. The van der Waals surface area contributed by atoms with Gasteiger partial charge in [-0.2, -0.15) is 0 Å². The van der Waals surface area contributed by atoms with Gasteiger partial charge in [0.25, 0.3) is 0 Å². The van der Waals surface area contributed by atoms with E-state index in [-0.39, 0.29) is 17.2 Å². The molecule has 5 unspecified atom stereocenters. The quantitative estimate of drug-likeness (QED) is 0.456. The van der Waals surface area contributed by atoms with Gasteiger partial charge < -0.3 is 39.7 Å². The van der Waals surface area contributed by atoms with E-state index in [2.05, 4.69) is 0 Å². The second-order valence-electron chi connectivity index (χ2n) is 4.66. The summed E-state index contributed by atoms with van der Waals surface area (Å²) < 4.78 is 15.0. The average molecular weight is 316 g/mol. The number of phenolic OH excluding ortho intramolecular Hbond substituents is 1. The van der Waals surface area contributed by atoms with Crippen LogP contribution in [0.4, 0.5) is 0 Å². The number of benzene rings is 1. The van der Waals surface area contributed by atoms with E-state index in [1.165, 1.54) is 25.3 Å². The van der Waals surface area contributed by atoms with Crippen LogP contribution in [0.2, 0.25) is 0 Å². The molecule has 0 saturated carbocycles. The van der Waals surface area contributed by atoms with Crippen LogP contribution >= 0.6 is 0 Å². The average Bonchev–Trinajstić information content (AvgIpc) is 2.49. The lowest BCUT2D eigenvalue weighted by molar-refractivity contribution is -0.271. The van der Waals surface area contributed by atoms with Crippen LogP contribution in [0.3, 0.4) is 0 Å². The van der Waals surface area contributed by atoms with Crippen LogP contribution in [0, 0.1) is 0 Å². The van der Waals surface area contributed by atoms with E-state index in [0.29, 0.717) is 0 Å². The third-order valence-electron chi connectivity index (χ3n) is 3.24. The van der Waals surface area contributed by atoms with Crippen molar-refractivity contribution in [2.45, 2.75) is 30.7 Å². The van der Waals surface area contributed by atoms with E-state index in [0.717, 1.165) is 0 Å². The molecule has 9 heteroatoms. The molecule has 1 heterocycles. The van der Waals surface area contributed by atoms with Crippen LogP contribution in [-0.4, -0.2) is 69.3 Å². The summed E-state index contributed by atoms with van der Waals surface area (Å²) in [5.41, 5.74) is 0. The highest BCUT2D eigenvalue weighted by molar-refractivity contribution is 5.73. The van der Waals surface area contributed by atoms with Gasteiger partial charge in [-0.05, 0) is 12.1 Å². The van der Waals surface area contributed by atoms with Crippen LogP contribution in [-0.2, 0) is 9.53 Å². The molecular formula is C13H16O9. The molecule has 1 aromatic carbocycles. The lowest BCUT2D eigenvalue weighted by Crippen LogP contribution is -2.61. The molecule has 0 aromatic heterocycles. The molecular weight excluding hydrogens is 300 g/mol. The molecule has 1 saturated heterocycles. The van der Waals surface area contributed by atoms with E-state index in [4.69, 9.17) is 19.3 Å². The van der Waals surface area contributed by atoms with Crippen molar-refractivity contribution in [3.05, 3.63) is 18.2 Å². The Bertz CT molecular complexity index is 546. The highest BCUT2D eigenvalue weighted by Gasteiger charge is 2.48. The summed E-state index contributed by atoms with van der Waals surface area (Å²) in [4.78, 5) is 11.0. The van der Waals surface area contributed by atoms with Gasteiger partial charge in [-0.15, -0.1) is 0 Å². The molecule has 5 atom stereocenters. The van der Waals surface area contributed by atoms with Gasteiger partial charge in [0.15, 0.2) is 17.6 Å². The number of aliphatic carboxylic acids is 1. The summed E-state index contributed by atoms with van der Waals surface area (Å²) >= 11 is 0. The van der Waals surface area contributed by atoms with Crippen molar-refractivity contribution < 1.29 is 44.5 Å². The molecule has 9 nitrogen and oxygen atoms in total. The van der Waals surface area contributed by atoms with Gasteiger partial charge in [0.2, 0.25) is 12.0 Å². The Kier molecular flexibility index (Phi) is 4.71. The second-order valence-corrected chi connectivity index (χ2v) is 4.66. The van der Waals surface area contributed by atoms with Crippen LogP contribution in [0.15, 0.2) is 18.2 Å². The van der Waals surface area contributed by atoms with Crippen LogP contribution in [0.25, 0.3) is 0 Å². The number of carboxylic acids is 1. The van der Waals surface area contributed by atoms with Gasteiger partial charge in [0.05, 0.1) is 7.11 Å². The number of aromatic hydroxyl groups is 1. The third-order valence-corrected chi connectivity index (χ3v) is 3.24. The molecule has 0 bridgehead atoms. The fourth-order valence-corrected chi connectivity index (χ4v) is 2.04. The standard InChI is InChI=1S/C13H16O9/c1-20-5-3-2-4-6(7(5)14)21-13-10(17)8(15)9(16)11(22-13)12(18)19/h2-4,8-11,13-17H,1H3,(H,18,19). The van der Waals surface area contributed by atoms with Gasteiger partial charge >= 0.3 is 5.97 Å². The second kappa shape index (κ2) is 6.36. The maximum absolute atomic E-state index is 11.0. The molecule has 0 amide bonds. The van der Waals surface area contributed by atoms with E-state index >= 15 is 0 Å². The number of methoxy groups -OCH3 is 1. The normalized spacial score (nSPS) is 31.5. The topological polar surface area (TPSA) is 146 Å². The van der Waals surface area contributed by atoms with Gasteiger partial charge in [-0.3, -0.25) is 0 Å². The van der Waals surface area contributed by atoms with Crippen molar-refractivity contribution in [1.82, 2.24) is 0 Å². The number of para-hydroxylation sites is 1. The van der Waals surface area contributed by atoms with Crippen molar-refractivity contribution in [1.29, 1.82) is 0 Å². The summed E-state index contributed by atoms with van der Waals surface area (Å²) in [6.45, 7) is 0. The molecule has 1 fully saturated rings. The number of hydrogen-bond acceptors (Lipinski definition) is 8. The van der Waals surface area contributed by atoms with E-state index in [1.54, 1.807) is 0 Å². The van der Waals surface area contributed by atoms with E-state index < -0.39 is 36.7 Å². The number of aliphatic hydroxyl groups is 3. The van der Waals surface area contributed by atoms with Gasteiger partial charge in [-0.1, -0.05) is 6.07 Å². The van der Waals surface area contributed by atoms with Crippen molar-refractivity contribution in [2.24, 2.45) is 0 Å². The molecule has 122 valence electrons. The maximum atomic E-state index is 11.0. The highest BCUT2D eigenvalue weighted by Crippen LogP contribution is 2.37. The zero-order valence-corrected chi connectivity index (χ0v) is 11.5. The lowest BCUT2D eigenvalue weighted by atomic mass is 9.99. The smallest absolute Gasteiger partial charge is 0.335 e. The first-order chi connectivity index (χ1) is 10.4. The highest BCUT2D eigenvalue weighted by atomic mass is 16.7. The molecule has 2 rings (SSSR count). The van der Waals surface area contributed by atoms with E-state index in [9.17, 15) is 25.2 Å². The van der Waals surface area contributed by atoms with Gasteiger partial charge in [-0.25, -0.2) is 4.79 Å². The fraction of sp³-hybridized carbons (Fsp3) is 0.462. The molecule has 22 heavy (non-hydrogen) atoms. The minimum atomic E-state index is -1.81. The summed E-state index contributed by atoms with van der Waals surface area (Å²) in [7, 11) is 1.32. The van der Waals surface area contributed by atoms with Crippen LogP contribution in [0.1, 0.15) is 0 Å². The minimum Gasteiger partial charge on any atom is -0.502 e. The monoisotopic (exact) mass is 316 g/mol. The lowest BCUT2D eigenvalue weighted by Gasteiger charge is -2.38. The molecule has 1 aromatic rings. The molecule has 1 aliphatic rings. The van der Waals surface area contributed by atoms with Crippen LogP contribution < -0.4 is 9.47 Å². The zero-order chi connectivity index (χ0) is 16.4. The SMILES string of the molecule is COc1cccc(OC2OC(C(=O)O)C(O)C(O)C2O)c1O. The molecule has 1 aliphatic heterocycles. The first-order valence-corrected chi connectivity index (χ1v) is 6.32. The first kappa shape index (κ1) is 16.3. The Morgan fingerprint density at radius 1 is 1.14 bits per heavy atom. The first-order valence-electron chi connectivity index (χ1n) is 6.32. The predicted molar refractivity (Wildman–Crippen MR) is 69.6 cm³/mol. The van der Waals surface area contributed by atoms with Crippen molar-refractivity contribution >= 4 is 5.97 Å². The number of ether oxygens (including phenoxy) is 3. The summed E-state index contributed by atoms with van der Waals surface area (Å²) in [5.74, 6) is -1.95. The number of carbonyl (C=O) groups is 1. The number of rotatable bonds is 4. The van der Waals surface area contributed by atoms with Crippen molar-refractivity contribution in [2.75, 3.05) is 7.11 Å². The fourth-order valence-electron chi connectivity index (χ4n) is 2.04. The predicted octanol–water partition coefficient (Wildman–Crippen LogP) is -1.33. The summed E-state index contributed by atoms with van der Waals surface area (Å²) in [6, 6.07) is 4.28. The minimum absolute atomic E-state index is 0.0955. The Morgan fingerprint density at radius 2 is 1.77 bits per heavy atom. The molecule has 5 N–H and O–H groups in total. The zero-order valence-electron chi connectivity index (χ0n) is 11.5. The van der Waals surface area contributed by atoms with Crippen LogP contribution in [0.5, 0.6) is 17.2 Å². The van der Waals surface area contributed by atoms with E-state index in [1.807, 2.05) is 0 Å². The number of aliphatic hydroxyl groups excluding tert-OH is 3. The van der Waals surface area contributed by atoms with Crippen molar-refractivity contribution in [3.8, 4) is 17.2 Å². The Morgan fingerprint density at radius 3 is 2.36 bits per heavy atom. The van der Waals surface area contributed by atoms with Gasteiger partial charge in [0, 0.05) is 0 Å². The summed E-state index contributed by atoms with van der Waals surface area (Å²) in [5, 5.41) is 47.9. The Balaban J connectivity index is 2.23. The maximum Gasteiger partial charge on any atom is 0.335 e. The largest absolute Gasteiger partial charge is 0.502 e.